The molecule has 122 valence electrons. The zero-order valence-electron chi connectivity index (χ0n) is 13.1. The van der Waals surface area contributed by atoms with Gasteiger partial charge in [-0.05, 0) is 50.3 Å². The summed E-state index contributed by atoms with van der Waals surface area (Å²) in [5.74, 6) is -0.516. The molecule has 0 amide bonds. The second-order valence-electron chi connectivity index (χ2n) is 6.12. The molecule has 0 aromatic heterocycles. The van der Waals surface area contributed by atoms with Crippen molar-refractivity contribution in [2.75, 3.05) is 4.90 Å². The van der Waals surface area contributed by atoms with Crippen molar-refractivity contribution in [2.24, 2.45) is 21.5 Å². The van der Waals surface area contributed by atoms with E-state index in [9.17, 15) is 9.90 Å². The fourth-order valence-electron chi connectivity index (χ4n) is 3.45. The van der Waals surface area contributed by atoms with Gasteiger partial charge in [0, 0.05) is 0 Å². The molecule has 0 saturated heterocycles. The van der Waals surface area contributed by atoms with Gasteiger partial charge >= 0.3 is 5.97 Å². The average Bonchev–Trinajstić information content (AvgIpc) is 2.48. The Hall–Kier alpha value is -2.57. The lowest BCUT2D eigenvalue weighted by atomic mass is 9.87. The fraction of sp³-hybridized carbons (Fsp3) is 0.438. The molecule has 0 atom stereocenters. The summed E-state index contributed by atoms with van der Waals surface area (Å²) in [4.78, 5) is 21.9. The molecule has 1 aliphatic heterocycles. The van der Waals surface area contributed by atoms with Crippen LogP contribution in [0.4, 0.5) is 5.69 Å². The Kier molecular flexibility index (Phi) is 3.71. The number of carboxylic acids is 1. The SMILES string of the molecule is Cc1ccc(C(=O)O)cc1N1C(N)=NC(N)=NC12CCCCC2. The largest absolute Gasteiger partial charge is 0.478 e. The summed E-state index contributed by atoms with van der Waals surface area (Å²) in [6.45, 7) is 1.92. The van der Waals surface area contributed by atoms with Gasteiger partial charge in [-0.1, -0.05) is 12.5 Å². The molecule has 1 aromatic rings. The molecule has 5 N–H and O–H groups in total. The minimum absolute atomic E-state index is 0.188. The van der Waals surface area contributed by atoms with Crippen LogP contribution in [0, 0.1) is 6.92 Å². The van der Waals surface area contributed by atoms with Crippen LogP contribution in [0.5, 0.6) is 0 Å². The minimum atomic E-state index is -0.973. The van der Waals surface area contributed by atoms with Gasteiger partial charge in [-0.2, -0.15) is 4.99 Å². The van der Waals surface area contributed by atoms with Crippen LogP contribution in [0.3, 0.4) is 0 Å². The van der Waals surface area contributed by atoms with Gasteiger partial charge in [0.25, 0.3) is 0 Å². The monoisotopic (exact) mass is 315 g/mol. The third kappa shape index (κ3) is 2.62. The Morgan fingerprint density at radius 2 is 1.96 bits per heavy atom. The second-order valence-corrected chi connectivity index (χ2v) is 6.12. The molecule has 1 spiro atoms. The molecule has 7 heteroatoms. The first-order chi connectivity index (χ1) is 10.9. The van der Waals surface area contributed by atoms with Crippen molar-refractivity contribution < 1.29 is 9.90 Å². The van der Waals surface area contributed by atoms with Gasteiger partial charge in [0.15, 0.2) is 0 Å². The molecule has 1 aliphatic carbocycles. The van der Waals surface area contributed by atoms with Crippen LogP contribution >= 0.6 is 0 Å². The number of hydrogen-bond acceptors (Lipinski definition) is 6. The predicted molar refractivity (Wildman–Crippen MR) is 89.7 cm³/mol. The zero-order chi connectivity index (χ0) is 16.6. The quantitative estimate of drug-likeness (QED) is 0.769. The van der Waals surface area contributed by atoms with Crippen LogP contribution in [-0.4, -0.2) is 28.7 Å². The van der Waals surface area contributed by atoms with E-state index in [0.29, 0.717) is 0 Å². The standard InChI is InChI=1S/C16H21N5O2/c1-10-5-6-11(13(22)23)9-12(10)21-15(18)19-14(17)20-16(21)7-3-2-4-8-16/h5-6,9H,2-4,7-8H2,1H3,(H,22,23)(H4,17,18,19,20). The maximum Gasteiger partial charge on any atom is 0.335 e. The van der Waals surface area contributed by atoms with Gasteiger partial charge in [-0.25, -0.2) is 9.79 Å². The number of aromatic carboxylic acids is 1. The first-order valence-electron chi connectivity index (χ1n) is 7.77. The summed E-state index contributed by atoms with van der Waals surface area (Å²) in [6, 6.07) is 5.00. The first kappa shape index (κ1) is 15.3. The van der Waals surface area contributed by atoms with E-state index in [1.54, 1.807) is 18.2 Å². The van der Waals surface area contributed by atoms with Crippen molar-refractivity contribution in [3.8, 4) is 0 Å². The van der Waals surface area contributed by atoms with E-state index in [-0.39, 0.29) is 17.5 Å². The number of carbonyl (C=O) groups is 1. The van der Waals surface area contributed by atoms with Crippen LogP contribution in [0.15, 0.2) is 28.2 Å². The third-order valence-corrected chi connectivity index (χ3v) is 4.55. The van der Waals surface area contributed by atoms with Crippen molar-refractivity contribution >= 4 is 23.6 Å². The number of nitrogens with zero attached hydrogens (tertiary/aromatic N) is 3. The lowest BCUT2D eigenvalue weighted by Crippen LogP contribution is -2.58. The molecule has 0 unspecified atom stereocenters. The molecule has 1 fully saturated rings. The average molecular weight is 315 g/mol. The highest BCUT2D eigenvalue weighted by atomic mass is 16.4. The van der Waals surface area contributed by atoms with Crippen molar-refractivity contribution in [1.82, 2.24) is 0 Å². The Bertz CT molecular complexity index is 704. The highest BCUT2D eigenvalue weighted by Crippen LogP contribution is 2.40. The molecular formula is C16H21N5O2. The molecule has 0 radical (unpaired) electrons. The van der Waals surface area contributed by atoms with Crippen molar-refractivity contribution in [3.05, 3.63) is 29.3 Å². The molecular weight excluding hydrogens is 294 g/mol. The minimum Gasteiger partial charge on any atom is -0.478 e. The van der Waals surface area contributed by atoms with Crippen molar-refractivity contribution in [3.63, 3.8) is 0 Å². The maximum atomic E-state index is 11.3. The summed E-state index contributed by atoms with van der Waals surface area (Å²) >= 11 is 0. The van der Waals surface area contributed by atoms with Crippen LogP contribution in [0.25, 0.3) is 0 Å². The van der Waals surface area contributed by atoms with E-state index < -0.39 is 11.6 Å². The number of hydrogen-bond donors (Lipinski definition) is 3. The molecule has 1 saturated carbocycles. The Balaban J connectivity index is 2.14. The number of benzene rings is 1. The van der Waals surface area contributed by atoms with E-state index in [4.69, 9.17) is 11.5 Å². The third-order valence-electron chi connectivity index (χ3n) is 4.55. The molecule has 23 heavy (non-hydrogen) atoms. The molecule has 0 bridgehead atoms. The second kappa shape index (κ2) is 5.57. The number of aryl methyl sites for hydroxylation is 1. The van der Waals surface area contributed by atoms with E-state index in [1.807, 2.05) is 11.8 Å². The molecule has 3 rings (SSSR count). The predicted octanol–water partition coefficient (Wildman–Crippen LogP) is 1.80. The summed E-state index contributed by atoms with van der Waals surface area (Å²) < 4.78 is 0. The number of rotatable bonds is 2. The summed E-state index contributed by atoms with van der Waals surface area (Å²) in [6.07, 6.45) is 4.84. The van der Waals surface area contributed by atoms with Gasteiger partial charge in [0.1, 0.15) is 5.66 Å². The van der Waals surface area contributed by atoms with Gasteiger partial charge in [0.05, 0.1) is 11.3 Å². The van der Waals surface area contributed by atoms with Crippen molar-refractivity contribution in [1.29, 1.82) is 0 Å². The highest BCUT2D eigenvalue weighted by molar-refractivity contribution is 6.06. The lowest BCUT2D eigenvalue weighted by Gasteiger charge is -2.46. The van der Waals surface area contributed by atoms with Gasteiger partial charge in [-0.3, -0.25) is 4.90 Å². The highest BCUT2D eigenvalue weighted by Gasteiger charge is 2.43. The van der Waals surface area contributed by atoms with E-state index in [2.05, 4.69) is 9.98 Å². The number of nitrogens with two attached hydrogens (primary N) is 2. The number of anilines is 1. The fourth-order valence-corrected chi connectivity index (χ4v) is 3.45. The van der Waals surface area contributed by atoms with E-state index in [0.717, 1.165) is 43.4 Å². The van der Waals surface area contributed by atoms with Gasteiger partial charge < -0.3 is 16.6 Å². The van der Waals surface area contributed by atoms with Crippen LogP contribution in [0.2, 0.25) is 0 Å². The molecule has 2 aliphatic rings. The molecule has 1 heterocycles. The molecule has 1 aromatic carbocycles. The van der Waals surface area contributed by atoms with Crippen LogP contribution in [-0.2, 0) is 0 Å². The number of aliphatic imine (C=N–C) groups is 2. The van der Waals surface area contributed by atoms with Gasteiger partial charge in [0.2, 0.25) is 11.9 Å². The Labute approximate surface area is 134 Å². The van der Waals surface area contributed by atoms with Gasteiger partial charge in [-0.15, -0.1) is 0 Å². The van der Waals surface area contributed by atoms with Crippen LogP contribution in [0.1, 0.15) is 48.0 Å². The Morgan fingerprint density at radius 1 is 1.26 bits per heavy atom. The number of carboxylic acid groups (broad SMARTS) is 1. The molecule has 7 nitrogen and oxygen atoms in total. The summed E-state index contributed by atoms with van der Waals surface area (Å²) in [5, 5.41) is 9.28. The van der Waals surface area contributed by atoms with Crippen LogP contribution < -0.4 is 16.4 Å². The summed E-state index contributed by atoms with van der Waals surface area (Å²) in [7, 11) is 0. The zero-order valence-corrected chi connectivity index (χ0v) is 13.1. The van der Waals surface area contributed by atoms with E-state index >= 15 is 0 Å². The lowest BCUT2D eigenvalue weighted by molar-refractivity contribution is 0.0697. The normalized spacial score (nSPS) is 20.1. The van der Waals surface area contributed by atoms with E-state index in [1.165, 1.54) is 0 Å². The Morgan fingerprint density at radius 3 is 2.61 bits per heavy atom. The van der Waals surface area contributed by atoms with Crippen molar-refractivity contribution in [2.45, 2.75) is 44.7 Å². The topological polar surface area (TPSA) is 117 Å². The maximum absolute atomic E-state index is 11.3. The first-order valence-corrected chi connectivity index (χ1v) is 7.77. The number of guanidine groups is 2. The smallest absolute Gasteiger partial charge is 0.335 e. The summed E-state index contributed by atoms with van der Waals surface area (Å²) in [5.41, 5.74) is 13.3.